The minimum atomic E-state index is 0.425. The second-order valence-corrected chi connectivity index (χ2v) is 8.10. The van der Waals surface area contributed by atoms with Crippen LogP contribution in [0.1, 0.15) is 83.5 Å². The lowest BCUT2D eigenvalue weighted by Gasteiger charge is -2.36. The first-order chi connectivity index (χ1) is 11.3. The lowest BCUT2D eigenvalue weighted by atomic mass is 9.85. The van der Waals surface area contributed by atoms with Crippen LogP contribution in [0.15, 0.2) is 0 Å². The Bertz CT molecular complexity index is 351. The predicted molar refractivity (Wildman–Crippen MR) is 95.5 cm³/mol. The standard InChI is InChI=1S/C20H36N2O/c23-20(11-5-4-10-18-8-2-1-3-9-18)22-16-12-19(13-17-22)21-14-6-7-15-21/h18-19H,1-17H2. The van der Waals surface area contributed by atoms with Gasteiger partial charge < -0.3 is 9.80 Å². The minimum absolute atomic E-state index is 0.425. The van der Waals surface area contributed by atoms with E-state index in [1.807, 2.05) is 0 Å². The largest absolute Gasteiger partial charge is 0.343 e. The molecule has 0 aromatic heterocycles. The molecule has 3 heteroatoms. The minimum Gasteiger partial charge on any atom is -0.343 e. The third-order valence-electron chi connectivity index (χ3n) is 6.45. The average molecular weight is 321 g/mol. The van der Waals surface area contributed by atoms with Crippen LogP contribution in [0.2, 0.25) is 0 Å². The molecule has 2 aliphatic heterocycles. The number of hydrogen-bond acceptors (Lipinski definition) is 2. The summed E-state index contributed by atoms with van der Waals surface area (Å²) < 4.78 is 0. The summed E-state index contributed by atoms with van der Waals surface area (Å²) in [6.07, 6.45) is 16.9. The van der Waals surface area contributed by atoms with E-state index in [1.54, 1.807) is 0 Å². The maximum atomic E-state index is 12.4. The lowest BCUT2D eigenvalue weighted by Crippen LogP contribution is -2.45. The molecule has 0 unspecified atom stereocenters. The predicted octanol–water partition coefficient (Wildman–Crippen LogP) is 4.21. The van der Waals surface area contributed by atoms with Crippen molar-refractivity contribution < 1.29 is 4.79 Å². The van der Waals surface area contributed by atoms with Gasteiger partial charge in [-0.25, -0.2) is 0 Å². The Hall–Kier alpha value is -0.570. The van der Waals surface area contributed by atoms with Crippen molar-refractivity contribution >= 4 is 5.91 Å². The number of rotatable bonds is 6. The van der Waals surface area contributed by atoms with Gasteiger partial charge in [-0.2, -0.15) is 0 Å². The van der Waals surface area contributed by atoms with Crippen molar-refractivity contribution in [2.24, 2.45) is 5.92 Å². The van der Waals surface area contributed by atoms with E-state index in [0.717, 1.165) is 37.9 Å². The van der Waals surface area contributed by atoms with Gasteiger partial charge in [-0.3, -0.25) is 4.79 Å². The summed E-state index contributed by atoms with van der Waals surface area (Å²) in [5, 5.41) is 0. The highest BCUT2D eigenvalue weighted by atomic mass is 16.2. The van der Waals surface area contributed by atoms with E-state index >= 15 is 0 Å². The summed E-state index contributed by atoms with van der Waals surface area (Å²) in [4.78, 5) is 17.2. The van der Waals surface area contributed by atoms with E-state index in [9.17, 15) is 4.79 Å². The van der Waals surface area contributed by atoms with Crippen molar-refractivity contribution in [3.8, 4) is 0 Å². The number of piperidine rings is 1. The summed E-state index contributed by atoms with van der Waals surface area (Å²) in [7, 11) is 0. The molecule has 1 aliphatic carbocycles. The SMILES string of the molecule is O=C(CCCCC1CCCCC1)N1CCC(N2CCCC2)CC1. The normalized spacial score (nSPS) is 25.1. The molecule has 2 heterocycles. The molecule has 0 atom stereocenters. The smallest absolute Gasteiger partial charge is 0.222 e. The Labute approximate surface area is 142 Å². The molecule has 0 radical (unpaired) electrons. The van der Waals surface area contributed by atoms with Crippen LogP contribution in [0.4, 0.5) is 0 Å². The maximum Gasteiger partial charge on any atom is 0.222 e. The van der Waals surface area contributed by atoms with Crippen LogP contribution in [0.25, 0.3) is 0 Å². The van der Waals surface area contributed by atoms with Crippen molar-refractivity contribution in [3.63, 3.8) is 0 Å². The molecule has 132 valence electrons. The summed E-state index contributed by atoms with van der Waals surface area (Å²) in [6.45, 7) is 4.59. The molecule has 3 nitrogen and oxygen atoms in total. The van der Waals surface area contributed by atoms with Crippen molar-refractivity contribution in [2.45, 2.75) is 89.5 Å². The fourth-order valence-corrected chi connectivity index (χ4v) is 4.93. The van der Waals surface area contributed by atoms with Gasteiger partial charge in [0.15, 0.2) is 0 Å². The highest BCUT2D eigenvalue weighted by Crippen LogP contribution is 2.28. The monoisotopic (exact) mass is 320 g/mol. The van der Waals surface area contributed by atoms with Crippen LogP contribution in [0.5, 0.6) is 0 Å². The molecule has 3 fully saturated rings. The number of likely N-dealkylation sites (tertiary alicyclic amines) is 2. The van der Waals surface area contributed by atoms with E-state index < -0.39 is 0 Å². The Balaban J connectivity index is 1.27. The molecule has 0 aromatic carbocycles. The van der Waals surface area contributed by atoms with Gasteiger partial charge >= 0.3 is 0 Å². The molecule has 3 rings (SSSR count). The van der Waals surface area contributed by atoms with Crippen LogP contribution in [-0.4, -0.2) is 47.9 Å². The Morgan fingerprint density at radius 2 is 1.48 bits per heavy atom. The van der Waals surface area contributed by atoms with Crippen LogP contribution in [0.3, 0.4) is 0 Å². The van der Waals surface area contributed by atoms with Gasteiger partial charge in [0, 0.05) is 25.6 Å². The zero-order valence-electron chi connectivity index (χ0n) is 15.0. The number of hydrogen-bond donors (Lipinski definition) is 0. The number of nitrogens with zero attached hydrogens (tertiary/aromatic N) is 2. The number of carbonyl (C=O) groups is 1. The Morgan fingerprint density at radius 3 is 2.17 bits per heavy atom. The molecule has 23 heavy (non-hydrogen) atoms. The third kappa shape index (κ3) is 5.20. The first-order valence-corrected chi connectivity index (χ1v) is 10.3. The molecule has 0 spiro atoms. The Morgan fingerprint density at radius 1 is 0.783 bits per heavy atom. The number of carbonyl (C=O) groups excluding carboxylic acids is 1. The molecule has 1 saturated carbocycles. The van der Waals surface area contributed by atoms with Gasteiger partial charge in [0.05, 0.1) is 0 Å². The quantitative estimate of drug-likeness (QED) is 0.684. The average Bonchev–Trinajstić information content (AvgIpc) is 3.14. The second kappa shape index (κ2) is 9.05. The topological polar surface area (TPSA) is 23.6 Å². The first kappa shape index (κ1) is 17.3. The lowest BCUT2D eigenvalue weighted by molar-refractivity contribution is -0.132. The van der Waals surface area contributed by atoms with E-state index in [0.29, 0.717) is 5.91 Å². The maximum absolute atomic E-state index is 12.4. The van der Waals surface area contributed by atoms with Crippen molar-refractivity contribution in [3.05, 3.63) is 0 Å². The molecule has 0 bridgehead atoms. The van der Waals surface area contributed by atoms with Crippen LogP contribution in [0, 0.1) is 5.92 Å². The fourth-order valence-electron chi connectivity index (χ4n) is 4.93. The summed E-state index contributed by atoms with van der Waals surface area (Å²) in [5.41, 5.74) is 0. The third-order valence-corrected chi connectivity index (χ3v) is 6.45. The summed E-state index contributed by atoms with van der Waals surface area (Å²) >= 11 is 0. The van der Waals surface area contributed by atoms with Gasteiger partial charge in [-0.05, 0) is 51.1 Å². The van der Waals surface area contributed by atoms with E-state index in [4.69, 9.17) is 0 Å². The van der Waals surface area contributed by atoms with Gasteiger partial charge in [0.25, 0.3) is 0 Å². The second-order valence-electron chi connectivity index (χ2n) is 8.10. The number of amides is 1. The summed E-state index contributed by atoms with van der Waals surface area (Å²) in [6, 6.07) is 0.757. The molecule has 1 amide bonds. The van der Waals surface area contributed by atoms with Gasteiger partial charge in [-0.15, -0.1) is 0 Å². The highest BCUT2D eigenvalue weighted by Gasteiger charge is 2.27. The van der Waals surface area contributed by atoms with E-state index in [2.05, 4.69) is 9.80 Å². The van der Waals surface area contributed by atoms with Crippen LogP contribution >= 0.6 is 0 Å². The van der Waals surface area contributed by atoms with E-state index in [1.165, 1.54) is 83.7 Å². The van der Waals surface area contributed by atoms with Gasteiger partial charge in [-0.1, -0.05) is 44.9 Å². The molecule has 3 aliphatic rings. The van der Waals surface area contributed by atoms with E-state index in [-0.39, 0.29) is 0 Å². The Kier molecular flexibility index (Phi) is 6.79. The highest BCUT2D eigenvalue weighted by molar-refractivity contribution is 5.76. The molecular weight excluding hydrogens is 284 g/mol. The summed E-state index contributed by atoms with van der Waals surface area (Å²) in [5.74, 6) is 1.39. The van der Waals surface area contributed by atoms with Gasteiger partial charge in [0.1, 0.15) is 0 Å². The fraction of sp³-hybridized carbons (Fsp3) is 0.950. The van der Waals surface area contributed by atoms with Crippen molar-refractivity contribution in [1.82, 2.24) is 9.80 Å². The van der Waals surface area contributed by atoms with Crippen LogP contribution in [-0.2, 0) is 4.79 Å². The van der Waals surface area contributed by atoms with Crippen LogP contribution < -0.4 is 0 Å². The molecule has 2 saturated heterocycles. The molecule has 0 aromatic rings. The van der Waals surface area contributed by atoms with Crippen molar-refractivity contribution in [2.75, 3.05) is 26.2 Å². The van der Waals surface area contributed by atoms with Gasteiger partial charge in [0.2, 0.25) is 5.91 Å². The first-order valence-electron chi connectivity index (χ1n) is 10.3. The van der Waals surface area contributed by atoms with Crippen molar-refractivity contribution in [1.29, 1.82) is 0 Å². The zero-order chi connectivity index (χ0) is 15.9. The molecule has 0 N–H and O–H groups in total. The number of unbranched alkanes of at least 4 members (excludes halogenated alkanes) is 1. The molecular formula is C20H36N2O. The zero-order valence-corrected chi connectivity index (χ0v) is 15.0.